The molecule has 2 atom stereocenters. The minimum atomic E-state index is -0.107. The fourth-order valence-corrected chi connectivity index (χ4v) is 3.63. The van der Waals surface area contributed by atoms with Gasteiger partial charge in [-0.15, -0.1) is 0 Å². The van der Waals surface area contributed by atoms with Gasteiger partial charge in [-0.25, -0.2) is 4.39 Å². The van der Waals surface area contributed by atoms with E-state index in [1.54, 1.807) is 6.07 Å². The van der Waals surface area contributed by atoms with Crippen LogP contribution in [-0.4, -0.2) is 31.1 Å². The van der Waals surface area contributed by atoms with Gasteiger partial charge in [0.05, 0.1) is 0 Å². The van der Waals surface area contributed by atoms with Crippen molar-refractivity contribution in [2.24, 2.45) is 5.92 Å². The predicted octanol–water partition coefficient (Wildman–Crippen LogP) is 3.73. The second-order valence-corrected chi connectivity index (χ2v) is 7.02. The van der Waals surface area contributed by atoms with Crippen LogP contribution < -0.4 is 5.32 Å². The molecule has 118 valence electrons. The van der Waals surface area contributed by atoms with Gasteiger partial charge in [0.1, 0.15) is 5.82 Å². The Balaban J connectivity index is 1.98. The minimum Gasteiger partial charge on any atom is -0.311 e. The first-order valence-corrected chi connectivity index (χ1v) is 8.06. The number of aryl methyl sites for hydroxylation is 1. The van der Waals surface area contributed by atoms with Crippen LogP contribution in [0.5, 0.6) is 0 Å². The van der Waals surface area contributed by atoms with E-state index in [2.05, 4.69) is 31.2 Å². The largest absolute Gasteiger partial charge is 0.311 e. The first kappa shape index (κ1) is 16.4. The first-order chi connectivity index (χ1) is 9.93. The fraction of sp³-hybridized carbons (Fsp3) is 0.667. The van der Waals surface area contributed by atoms with Crippen molar-refractivity contribution in [2.45, 2.75) is 51.6 Å². The molecule has 21 heavy (non-hydrogen) atoms. The molecule has 0 heterocycles. The predicted molar refractivity (Wildman–Crippen MR) is 86.9 cm³/mol. The summed E-state index contributed by atoms with van der Waals surface area (Å²) in [6.45, 7) is 5.89. The first-order valence-electron chi connectivity index (χ1n) is 8.06. The summed E-state index contributed by atoms with van der Waals surface area (Å²) >= 11 is 0. The summed E-state index contributed by atoms with van der Waals surface area (Å²) < 4.78 is 13.8. The monoisotopic (exact) mass is 292 g/mol. The Labute approximate surface area is 128 Å². The van der Waals surface area contributed by atoms with Crippen molar-refractivity contribution in [2.75, 3.05) is 20.6 Å². The second-order valence-electron chi connectivity index (χ2n) is 7.02. The van der Waals surface area contributed by atoms with E-state index >= 15 is 0 Å². The van der Waals surface area contributed by atoms with Gasteiger partial charge in [-0.2, -0.15) is 0 Å². The lowest BCUT2D eigenvalue weighted by Crippen LogP contribution is -2.54. The number of benzene rings is 1. The standard InChI is InChI=1S/C18H29FN2/c1-14-7-8-17(19)16(10-14)12-20-13-18(21(3)4)9-5-6-15(2)11-18/h7-8,10,15,20H,5-6,9,11-13H2,1-4H3. The smallest absolute Gasteiger partial charge is 0.127 e. The Morgan fingerprint density at radius 3 is 2.81 bits per heavy atom. The molecule has 0 aromatic heterocycles. The van der Waals surface area contributed by atoms with Gasteiger partial charge in [0.15, 0.2) is 0 Å². The van der Waals surface area contributed by atoms with Crippen molar-refractivity contribution in [3.05, 3.63) is 35.1 Å². The van der Waals surface area contributed by atoms with E-state index < -0.39 is 0 Å². The molecule has 1 aliphatic carbocycles. The zero-order valence-electron chi connectivity index (χ0n) is 13.9. The minimum absolute atomic E-state index is 0.107. The second kappa shape index (κ2) is 6.89. The van der Waals surface area contributed by atoms with E-state index in [0.29, 0.717) is 6.54 Å². The van der Waals surface area contributed by atoms with Gasteiger partial charge < -0.3 is 10.2 Å². The molecule has 0 radical (unpaired) electrons. The van der Waals surface area contributed by atoms with Crippen molar-refractivity contribution < 1.29 is 4.39 Å². The molecule has 1 aromatic rings. The summed E-state index contributed by atoms with van der Waals surface area (Å²) in [5.41, 5.74) is 2.10. The highest BCUT2D eigenvalue weighted by atomic mass is 19.1. The normalized spacial score (nSPS) is 26.3. The molecule has 0 amide bonds. The highest BCUT2D eigenvalue weighted by Crippen LogP contribution is 2.35. The van der Waals surface area contributed by atoms with Crippen LogP contribution in [0.2, 0.25) is 0 Å². The van der Waals surface area contributed by atoms with Gasteiger partial charge in [0.2, 0.25) is 0 Å². The molecule has 0 bridgehead atoms. The average Bonchev–Trinajstić information content (AvgIpc) is 2.42. The molecule has 1 N–H and O–H groups in total. The van der Waals surface area contributed by atoms with Crippen LogP contribution in [-0.2, 0) is 6.54 Å². The summed E-state index contributed by atoms with van der Waals surface area (Å²) in [5, 5.41) is 3.50. The third kappa shape index (κ3) is 4.04. The van der Waals surface area contributed by atoms with Gasteiger partial charge in [0.25, 0.3) is 0 Å². The maximum atomic E-state index is 13.8. The van der Waals surface area contributed by atoms with Gasteiger partial charge in [-0.05, 0) is 45.8 Å². The number of halogens is 1. The fourth-order valence-electron chi connectivity index (χ4n) is 3.63. The molecule has 1 aromatic carbocycles. The van der Waals surface area contributed by atoms with Crippen molar-refractivity contribution in [1.82, 2.24) is 10.2 Å². The lowest BCUT2D eigenvalue weighted by molar-refractivity contribution is 0.0749. The number of nitrogens with one attached hydrogen (secondary N) is 1. The number of nitrogens with zero attached hydrogens (tertiary/aromatic N) is 1. The highest BCUT2D eigenvalue weighted by Gasteiger charge is 2.36. The molecule has 2 rings (SSSR count). The average molecular weight is 292 g/mol. The van der Waals surface area contributed by atoms with E-state index in [4.69, 9.17) is 0 Å². The zero-order valence-corrected chi connectivity index (χ0v) is 13.9. The van der Waals surface area contributed by atoms with Crippen LogP contribution in [0, 0.1) is 18.7 Å². The van der Waals surface area contributed by atoms with E-state index in [1.165, 1.54) is 25.7 Å². The highest BCUT2D eigenvalue weighted by molar-refractivity contribution is 5.23. The Hall–Kier alpha value is -0.930. The summed E-state index contributed by atoms with van der Waals surface area (Å²) in [4.78, 5) is 2.36. The molecule has 0 saturated heterocycles. The summed E-state index contributed by atoms with van der Waals surface area (Å²) in [6, 6.07) is 5.33. The van der Waals surface area contributed by atoms with Crippen molar-refractivity contribution >= 4 is 0 Å². The van der Waals surface area contributed by atoms with Crippen LogP contribution in [0.25, 0.3) is 0 Å². The number of hydrogen-bond acceptors (Lipinski definition) is 2. The maximum absolute atomic E-state index is 13.8. The molecule has 0 aliphatic heterocycles. The molecule has 1 saturated carbocycles. The van der Waals surface area contributed by atoms with E-state index in [1.807, 2.05) is 19.1 Å². The number of hydrogen-bond donors (Lipinski definition) is 1. The molecular formula is C18H29FN2. The van der Waals surface area contributed by atoms with Crippen LogP contribution in [0.3, 0.4) is 0 Å². The van der Waals surface area contributed by atoms with Crippen LogP contribution in [0.15, 0.2) is 18.2 Å². The maximum Gasteiger partial charge on any atom is 0.127 e. The van der Waals surface area contributed by atoms with Crippen molar-refractivity contribution in [3.63, 3.8) is 0 Å². The molecule has 3 heteroatoms. The number of likely N-dealkylation sites (N-methyl/N-ethyl adjacent to an activating group) is 1. The van der Waals surface area contributed by atoms with Crippen molar-refractivity contribution in [1.29, 1.82) is 0 Å². The van der Waals surface area contributed by atoms with Crippen LogP contribution in [0.1, 0.15) is 43.7 Å². The summed E-state index contributed by atoms with van der Waals surface area (Å²) in [7, 11) is 4.35. The third-order valence-corrected chi connectivity index (χ3v) is 4.99. The van der Waals surface area contributed by atoms with Crippen LogP contribution >= 0.6 is 0 Å². The van der Waals surface area contributed by atoms with E-state index in [0.717, 1.165) is 23.6 Å². The molecule has 0 spiro atoms. The summed E-state index contributed by atoms with van der Waals surface area (Å²) in [5.74, 6) is 0.669. The van der Waals surface area contributed by atoms with Crippen LogP contribution in [0.4, 0.5) is 4.39 Å². The lowest BCUT2D eigenvalue weighted by Gasteiger charge is -2.45. The number of rotatable bonds is 5. The Morgan fingerprint density at radius 1 is 1.38 bits per heavy atom. The molecular weight excluding hydrogens is 263 g/mol. The van der Waals surface area contributed by atoms with Crippen molar-refractivity contribution in [3.8, 4) is 0 Å². The Bertz CT molecular complexity index is 472. The molecule has 1 fully saturated rings. The Morgan fingerprint density at radius 2 is 2.14 bits per heavy atom. The summed E-state index contributed by atoms with van der Waals surface area (Å²) in [6.07, 6.45) is 5.08. The lowest BCUT2D eigenvalue weighted by atomic mass is 9.75. The molecule has 1 aliphatic rings. The van der Waals surface area contributed by atoms with Gasteiger partial charge in [0, 0.05) is 24.2 Å². The van der Waals surface area contributed by atoms with Gasteiger partial charge in [-0.3, -0.25) is 0 Å². The van der Waals surface area contributed by atoms with E-state index in [-0.39, 0.29) is 11.4 Å². The quantitative estimate of drug-likeness (QED) is 0.889. The van der Waals surface area contributed by atoms with Gasteiger partial charge in [-0.1, -0.05) is 37.5 Å². The SMILES string of the molecule is Cc1ccc(F)c(CNCC2(N(C)C)CCCC(C)C2)c1. The third-order valence-electron chi connectivity index (χ3n) is 4.99. The topological polar surface area (TPSA) is 15.3 Å². The van der Waals surface area contributed by atoms with Gasteiger partial charge >= 0.3 is 0 Å². The van der Waals surface area contributed by atoms with E-state index in [9.17, 15) is 4.39 Å². The Kier molecular flexibility index (Phi) is 5.39. The molecule has 2 unspecified atom stereocenters. The molecule has 2 nitrogen and oxygen atoms in total. The zero-order chi connectivity index (χ0) is 15.5.